The summed E-state index contributed by atoms with van der Waals surface area (Å²) in [7, 11) is -1.08. The molecule has 23 heavy (non-hydrogen) atoms. The van der Waals surface area contributed by atoms with E-state index in [1.165, 1.54) is 0 Å². The van der Waals surface area contributed by atoms with Gasteiger partial charge in [0, 0.05) is 19.3 Å². The Bertz CT molecular complexity index is 490. The van der Waals surface area contributed by atoms with Gasteiger partial charge in [-0.2, -0.15) is 0 Å². The van der Waals surface area contributed by atoms with E-state index in [0.29, 0.717) is 0 Å². The summed E-state index contributed by atoms with van der Waals surface area (Å²) in [6.45, 7) is 0. The highest BCUT2D eigenvalue weighted by molar-refractivity contribution is 7.25. The number of aliphatic hydroxyl groups is 1. The molecule has 0 radical (unpaired) electrons. The molecule has 0 aliphatic heterocycles. The molecule has 0 amide bonds. The minimum Gasteiger partial charge on any atom is -0.481 e. The highest BCUT2D eigenvalue weighted by atomic mass is 31.1. The standard InChI is InChI=1S/C12H17O10P/c13-8(14)3-1-6(10(17)18)5-12(21,23-22)7(11(19)20)2-4-9(15)16/h6-7,21H,1-5H2,(H,13,14)(H,15,16)(H,17,18)(H,19,20). The monoisotopic (exact) mass is 352 g/mol. The average molecular weight is 352 g/mol. The summed E-state index contributed by atoms with van der Waals surface area (Å²) in [4.78, 5) is 43.3. The van der Waals surface area contributed by atoms with Gasteiger partial charge in [0.05, 0.1) is 11.8 Å². The molecule has 0 saturated carbocycles. The Balaban J connectivity index is 5.29. The fourth-order valence-corrected chi connectivity index (χ4v) is 2.70. The second kappa shape index (κ2) is 9.16. The Kier molecular flexibility index (Phi) is 8.34. The summed E-state index contributed by atoms with van der Waals surface area (Å²) >= 11 is 0. The molecule has 0 aliphatic carbocycles. The van der Waals surface area contributed by atoms with Gasteiger partial charge in [0.15, 0.2) is 13.8 Å². The summed E-state index contributed by atoms with van der Waals surface area (Å²) in [6, 6.07) is 0. The van der Waals surface area contributed by atoms with Crippen molar-refractivity contribution in [1.29, 1.82) is 0 Å². The lowest BCUT2D eigenvalue weighted by molar-refractivity contribution is -0.153. The fourth-order valence-electron chi connectivity index (χ4n) is 2.04. The Morgan fingerprint density at radius 2 is 1.35 bits per heavy atom. The number of hydrogen-bond acceptors (Lipinski definition) is 6. The van der Waals surface area contributed by atoms with Crippen molar-refractivity contribution in [1.82, 2.24) is 0 Å². The Labute approximate surface area is 131 Å². The van der Waals surface area contributed by atoms with Crippen LogP contribution >= 0.6 is 8.46 Å². The molecule has 0 rings (SSSR count). The highest BCUT2D eigenvalue weighted by Gasteiger charge is 2.45. The third kappa shape index (κ3) is 7.16. The number of carboxylic acid groups (broad SMARTS) is 4. The van der Waals surface area contributed by atoms with Crippen molar-refractivity contribution in [3.05, 3.63) is 0 Å². The van der Waals surface area contributed by atoms with Crippen LogP contribution in [0, 0.1) is 11.8 Å². The summed E-state index contributed by atoms with van der Waals surface area (Å²) in [5.41, 5.74) is 0. The van der Waals surface area contributed by atoms with Crippen LogP contribution in [0.25, 0.3) is 0 Å². The van der Waals surface area contributed by atoms with Gasteiger partial charge in [-0.3, -0.25) is 23.7 Å². The van der Waals surface area contributed by atoms with Crippen LogP contribution in [-0.2, 0) is 23.7 Å². The smallest absolute Gasteiger partial charge is 0.310 e. The van der Waals surface area contributed by atoms with Gasteiger partial charge in [0.2, 0.25) is 0 Å². The van der Waals surface area contributed by atoms with Crippen molar-refractivity contribution < 1.29 is 49.3 Å². The Morgan fingerprint density at radius 3 is 1.70 bits per heavy atom. The van der Waals surface area contributed by atoms with Gasteiger partial charge in [-0.25, -0.2) is 0 Å². The van der Waals surface area contributed by atoms with Crippen LogP contribution in [0.5, 0.6) is 0 Å². The normalized spacial score (nSPS) is 16.2. The zero-order valence-electron chi connectivity index (χ0n) is 11.9. The summed E-state index contributed by atoms with van der Waals surface area (Å²) in [5, 5.41) is 43.0. The predicted octanol–water partition coefficient (Wildman–Crippen LogP) is 0.488. The van der Waals surface area contributed by atoms with E-state index < -0.39 is 81.6 Å². The first-order valence-electron chi connectivity index (χ1n) is 6.49. The van der Waals surface area contributed by atoms with E-state index in [-0.39, 0.29) is 0 Å². The quantitative estimate of drug-likeness (QED) is 0.309. The third-order valence-corrected chi connectivity index (χ3v) is 4.07. The molecule has 5 N–H and O–H groups in total. The van der Waals surface area contributed by atoms with Gasteiger partial charge < -0.3 is 25.5 Å². The molecule has 0 aromatic heterocycles. The van der Waals surface area contributed by atoms with Crippen LogP contribution in [0.15, 0.2) is 0 Å². The molecule has 11 heteroatoms. The lowest BCUT2D eigenvalue weighted by Crippen LogP contribution is -2.41. The third-order valence-electron chi connectivity index (χ3n) is 3.26. The molecule has 0 fully saturated rings. The van der Waals surface area contributed by atoms with Gasteiger partial charge in [-0.1, -0.05) is 0 Å². The summed E-state index contributed by atoms with van der Waals surface area (Å²) in [6.07, 6.45) is -2.88. The molecular weight excluding hydrogens is 335 g/mol. The molecule has 0 aromatic rings. The summed E-state index contributed by atoms with van der Waals surface area (Å²) in [5.74, 6) is -8.93. The molecule has 3 atom stereocenters. The van der Waals surface area contributed by atoms with Gasteiger partial charge in [-0.15, -0.1) is 0 Å². The van der Waals surface area contributed by atoms with Crippen molar-refractivity contribution in [2.75, 3.05) is 0 Å². The second-order valence-corrected chi connectivity index (χ2v) is 5.92. The first kappa shape index (κ1) is 20.9. The van der Waals surface area contributed by atoms with Crippen LogP contribution in [0.1, 0.15) is 32.1 Å². The minimum absolute atomic E-state index is 0.395. The number of carboxylic acids is 4. The highest BCUT2D eigenvalue weighted by Crippen LogP contribution is 2.39. The first-order chi connectivity index (χ1) is 10.5. The zero-order chi connectivity index (χ0) is 18.2. The van der Waals surface area contributed by atoms with Crippen LogP contribution in [0.4, 0.5) is 0 Å². The second-order valence-electron chi connectivity index (χ2n) is 4.96. The fraction of sp³-hybridized carbons (Fsp3) is 0.667. The van der Waals surface area contributed by atoms with E-state index in [1.807, 2.05) is 0 Å². The van der Waals surface area contributed by atoms with Crippen molar-refractivity contribution in [2.24, 2.45) is 11.8 Å². The van der Waals surface area contributed by atoms with Gasteiger partial charge in [0.1, 0.15) is 0 Å². The molecule has 10 nitrogen and oxygen atoms in total. The Hall–Kier alpha value is -2.06. The average Bonchev–Trinajstić information content (AvgIpc) is 2.42. The van der Waals surface area contributed by atoms with Crippen molar-refractivity contribution in [3.63, 3.8) is 0 Å². The minimum atomic E-state index is -2.51. The maximum atomic E-state index is 11.2. The van der Waals surface area contributed by atoms with E-state index >= 15 is 0 Å². The van der Waals surface area contributed by atoms with Crippen LogP contribution in [-0.4, -0.2) is 54.8 Å². The first-order valence-corrected chi connectivity index (χ1v) is 7.30. The van der Waals surface area contributed by atoms with Gasteiger partial charge >= 0.3 is 23.9 Å². The molecule has 0 aliphatic rings. The molecule has 0 heterocycles. The van der Waals surface area contributed by atoms with Crippen LogP contribution < -0.4 is 0 Å². The molecule has 0 saturated heterocycles. The maximum Gasteiger partial charge on any atom is 0.310 e. The molecule has 3 unspecified atom stereocenters. The zero-order valence-corrected chi connectivity index (χ0v) is 12.8. The topological polar surface area (TPSA) is 186 Å². The van der Waals surface area contributed by atoms with E-state index in [1.54, 1.807) is 0 Å². The maximum absolute atomic E-state index is 11.2. The number of hydrogen-bond donors (Lipinski definition) is 5. The largest absolute Gasteiger partial charge is 0.481 e. The van der Waals surface area contributed by atoms with Crippen molar-refractivity contribution >= 4 is 32.3 Å². The number of rotatable bonds is 12. The number of carbonyl (C=O) groups is 4. The van der Waals surface area contributed by atoms with Gasteiger partial charge in [-0.05, 0) is 12.8 Å². The number of aliphatic carboxylic acids is 4. The van der Waals surface area contributed by atoms with Crippen LogP contribution in [0.3, 0.4) is 0 Å². The molecule has 130 valence electrons. The van der Waals surface area contributed by atoms with E-state index in [2.05, 4.69) is 0 Å². The molecule has 0 spiro atoms. The molecule has 0 bridgehead atoms. The summed E-state index contributed by atoms with van der Waals surface area (Å²) < 4.78 is 11.2. The van der Waals surface area contributed by atoms with Crippen LogP contribution in [0.2, 0.25) is 0 Å². The van der Waals surface area contributed by atoms with Gasteiger partial charge in [0.25, 0.3) is 0 Å². The Morgan fingerprint density at radius 1 is 0.870 bits per heavy atom. The van der Waals surface area contributed by atoms with Crippen molar-refractivity contribution in [2.45, 2.75) is 37.4 Å². The molecular formula is C12H17O10P. The lowest BCUT2D eigenvalue weighted by Gasteiger charge is -2.29. The lowest BCUT2D eigenvalue weighted by atomic mass is 9.87. The SMILES string of the molecule is O=PC(O)(CC(CCC(=O)O)C(=O)O)C(CCC(=O)O)C(=O)O. The van der Waals surface area contributed by atoms with Crippen molar-refractivity contribution in [3.8, 4) is 0 Å². The van der Waals surface area contributed by atoms with E-state index in [0.717, 1.165) is 0 Å². The molecule has 0 aromatic carbocycles. The van der Waals surface area contributed by atoms with E-state index in [9.17, 15) is 28.8 Å². The van der Waals surface area contributed by atoms with E-state index in [4.69, 9.17) is 20.4 Å². The predicted molar refractivity (Wildman–Crippen MR) is 73.2 cm³/mol.